The van der Waals surface area contributed by atoms with Gasteiger partial charge in [-0.3, -0.25) is 9.98 Å². The Morgan fingerprint density at radius 3 is 2.55 bits per heavy atom. The molecule has 0 aliphatic rings. The van der Waals surface area contributed by atoms with Crippen molar-refractivity contribution >= 4 is 24.3 Å². The molecule has 0 radical (unpaired) electrons. The lowest BCUT2D eigenvalue weighted by Crippen LogP contribution is -1.89. The van der Waals surface area contributed by atoms with Crippen molar-refractivity contribution in [3.05, 3.63) is 59.2 Å². The molecule has 20 heavy (non-hydrogen) atoms. The largest absolute Gasteiger partial charge is 0.388 e. The van der Waals surface area contributed by atoms with Crippen LogP contribution in [0.25, 0.3) is 0 Å². The van der Waals surface area contributed by atoms with Crippen LogP contribution in [0, 0.1) is 6.92 Å². The van der Waals surface area contributed by atoms with E-state index < -0.39 is 0 Å². The standard InChI is InChI=1S/C17H19N3/c1-13-4-9-17(19-3)15(10-13)12-20-11-14-5-7-16(18-2)8-6-14/h4-10,12,18H,3,11H2,1-2H3. The van der Waals surface area contributed by atoms with Gasteiger partial charge in [0.2, 0.25) is 0 Å². The summed E-state index contributed by atoms with van der Waals surface area (Å²) in [4.78, 5) is 8.49. The number of hydrogen-bond donors (Lipinski definition) is 1. The molecule has 0 atom stereocenters. The topological polar surface area (TPSA) is 36.8 Å². The van der Waals surface area contributed by atoms with Gasteiger partial charge in [-0.05, 0) is 43.5 Å². The highest BCUT2D eigenvalue weighted by molar-refractivity contribution is 5.87. The van der Waals surface area contributed by atoms with Crippen LogP contribution in [-0.2, 0) is 6.54 Å². The minimum absolute atomic E-state index is 0.661. The van der Waals surface area contributed by atoms with E-state index in [0.29, 0.717) is 6.54 Å². The summed E-state index contributed by atoms with van der Waals surface area (Å²) in [5.41, 5.74) is 5.35. The summed E-state index contributed by atoms with van der Waals surface area (Å²) in [5, 5.41) is 3.10. The van der Waals surface area contributed by atoms with E-state index in [1.54, 1.807) is 0 Å². The Labute approximate surface area is 120 Å². The van der Waals surface area contributed by atoms with Crippen LogP contribution in [0.2, 0.25) is 0 Å². The monoisotopic (exact) mass is 265 g/mol. The highest BCUT2D eigenvalue weighted by atomic mass is 14.8. The Balaban J connectivity index is 2.09. The van der Waals surface area contributed by atoms with Crippen LogP contribution in [0.1, 0.15) is 16.7 Å². The maximum Gasteiger partial charge on any atom is 0.0710 e. The van der Waals surface area contributed by atoms with Crippen LogP contribution in [0.4, 0.5) is 11.4 Å². The molecule has 2 aromatic rings. The van der Waals surface area contributed by atoms with Gasteiger partial charge in [-0.25, -0.2) is 0 Å². The van der Waals surface area contributed by atoms with Crippen LogP contribution in [-0.4, -0.2) is 20.0 Å². The van der Waals surface area contributed by atoms with E-state index in [0.717, 1.165) is 16.9 Å². The minimum atomic E-state index is 0.661. The normalized spacial score (nSPS) is 10.7. The molecule has 3 heteroatoms. The molecule has 0 heterocycles. The highest BCUT2D eigenvalue weighted by Crippen LogP contribution is 2.18. The zero-order valence-corrected chi connectivity index (χ0v) is 11.9. The molecular weight excluding hydrogens is 246 g/mol. The number of hydrogen-bond acceptors (Lipinski definition) is 3. The Bertz CT molecular complexity index is 613. The molecule has 0 aliphatic carbocycles. The highest BCUT2D eigenvalue weighted by Gasteiger charge is 1.98. The lowest BCUT2D eigenvalue weighted by Gasteiger charge is -2.02. The molecule has 102 valence electrons. The van der Waals surface area contributed by atoms with E-state index in [1.165, 1.54) is 11.1 Å². The molecule has 0 bridgehead atoms. The van der Waals surface area contributed by atoms with Crippen molar-refractivity contribution in [3.63, 3.8) is 0 Å². The van der Waals surface area contributed by atoms with Gasteiger partial charge in [0.15, 0.2) is 0 Å². The molecule has 1 N–H and O–H groups in total. The van der Waals surface area contributed by atoms with Gasteiger partial charge in [0, 0.05) is 24.5 Å². The SMILES string of the molecule is C=Nc1ccc(C)cc1C=NCc1ccc(NC)cc1. The summed E-state index contributed by atoms with van der Waals surface area (Å²) >= 11 is 0. The van der Waals surface area contributed by atoms with Gasteiger partial charge in [0.1, 0.15) is 0 Å². The van der Waals surface area contributed by atoms with Crippen molar-refractivity contribution < 1.29 is 0 Å². The molecule has 0 unspecified atom stereocenters. The summed E-state index contributed by atoms with van der Waals surface area (Å²) < 4.78 is 0. The molecule has 3 nitrogen and oxygen atoms in total. The molecule has 0 saturated heterocycles. The molecule has 0 aliphatic heterocycles. The minimum Gasteiger partial charge on any atom is -0.388 e. The second-order valence-corrected chi connectivity index (χ2v) is 4.64. The van der Waals surface area contributed by atoms with Crippen molar-refractivity contribution in [1.29, 1.82) is 0 Å². The van der Waals surface area contributed by atoms with Crippen molar-refractivity contribution in [1.82, 2.24) is 0 Å². The molecular formula is C17H19N3. The first-order valence-electron chi connectivity index (χ1n) is 6.57. The van der Waals surface area contributed by atoms with E-state index in [-0.39, 0.29) is 0 Å². The second-order valence-electron chi connectivity index (χ2n) is 4.64. The van der Waals surface area contributed by atoms with Crippen LogP contribution >= 0.6 is 0 Å². The average molecular weight is 265 g/mol. The van der Waals surface area contributed by atoms with Gasteiger partial charge >= 0.3 is 0 Å². The summed E-state index contributed by atoms with van der Waals surface area (Å²) in [7, 11) is 1.91. The Morgan fingerprint density at radius 2 is 1.90 bits per heavy atom. The summed E-state index contributed by atoms with van der Waals surface area (Å²) in [6.45, 7) is 6.31. The van der Waals surface area contributed by atoms with Crippen LogP contribution in [0.5, 0.6) is 0 Å². The number of anilines is 1. The average Bonchev–Trinajstić information content (AvgIpc) is 2.48. The third-order valence-corrected chi connectivity index (χ3v) is 3.10. The van der Waals surface area contributed by atoms with Crippen molar-refractivity contribution in [2.75, 3.05) is 12.4 Å². The fraction of sp³-hybridized carbons (Fsp3) is 0.176. The zero-order chi connectivity index (χ0) is 14.4. The van der Waals surface area contributed by atoms with E-state index in [1.807, 2.05) is 37.5 Å². The number of aliphatic imine (C=N–C) groups is 2. The first kappa shape index (κ1) is 14.0. The first-order chi connectivity index (χ1) is 9.72. The maximum atomic E-state index is 4.48. The van der Waals surface area contributed by atoms with Gasteiger partial charge in [0.25, 0.3) is 0 Å². The van der Waals surface area contributed by atoms with E-state index in [4.69, 9.17) is 0 Å². The van der Waals surface area contributed by atoms with Gasteiger partial charge in [-0.1, -0.05) is 23.8 Å². The summed E-state index contributed by atoms with van der Waals surface area (Å²) in [5.74, 6) is 0. The van der Waals surface area contributed by atoms with Crippen LogP contribution in [0.15, 0.2) is 52.4 Å². The lowest BCUT2D eigenvalue weighted by atomic mass is 10.1. The van der Waals surface area contributed by atoms with Gasteiger partial charge in [0.05, 0.1) is 12.2 Å². The number of benzene rings is 2. The van der Waals surface area contributed by atoms with Crippen LogP contribution < -0.4 is 5.32 Å². The van der Waals surface area contributed by atoms with Gasteiger partial charge < -0.3 is 5.32 Å². The number of nitrogens with zero attached hydrogens (tertiary/aromatic N) is 2. The van der Waals surface area contributed by atoms with Crippen molar-refractivity contribution in [2.45, 2.75) is 13.5 Å². The van der Waals surface area contributed by atoms with Gasteiger partial charge in [-0.2, -0.15) is 0 Å². The molecule has 0 saturated carbocycles. The number of nitrogens with one attached hydrogen (secondary N) is 1. The van der Waals surface area contributed by atoms with Crippen molar-refractivity contribution in [3.8, 4) is 0 Å². The smallest absolute Gasteiger partial charge is 0.0710 e. The Hall–Kier alpha value is -2.42. The Kier molecular flexibility index (Phi) is 4.66. The fourth-order valence-corrected chi connectivity index (χ4v) is 1.95. The maximum absolute atomic E-state index is 4.48. The van der Waals surface area contributed by atoms with E-state index in [2.05, 4.69) is 47.1 Å². The third-order valence-electron chi connectivity index (χ3n) is 3.10. The fourth-order valence-electron chi connectivity index (χ4n) is 1.95. The molecule has 0 aromatic heterocycles. The summed E-state index contributed by atoms with van der Waals surface area (Å²) in [6.07, 6.45) is 1.86. The summed E-state index contributed by atoms with van der Waals surface area (Å²) in [6, 6.07) is 14.3. The Morgan fingerprint density at radius 1 is 1.15 bits per heavy atom. The third kappa shape index (κ3) is 3.54. The second kappa shape index (κ2) is 6.66. The van der Waals surface area contributed by atoms with E-state index in [9.17, 15) is 0 Å². The molecule has 0 spiro atoms. The zero-order valence-electron chi connectivity index (χ0n) is 11.9. The van der Waals surface area contributed by atoms with Gasteiger partial charge in [-0.15, -0.1) is 0 Å². The quantitative estimate of drug-likeness (QED) is 0.815. The van der Waals surface area contributed by atoms with Crippen molar-refractivity contribution in [2.24, 2.45) is 9.98 Å². The molecule has 2 rings (SSSR count). The lowest BCUT2D eigenvalue weighted by molar-refractivity contribution is 1.08. The predicted octanol–water partition coefficient (Wildman–Crippen LogP) is 3.99. The first-order valence-corrected chi connectivity index (χ1v) is 6.57. The number of rotatable bonds is 5. The predicted molar refractivity (Wildman–Crippen MR) is 87.7 cm³/mol. The molecule has 0 amide bonds. The van der Waals surface area contributed by atoms with E-state index >= 15 is 0 Å². The molecule has 2 aromatic carbocycles. The molecule has 0 fully saturated rings. The number of aryl methyl sites for hydroxylation is 1. The van der Waals surface area contributed by atoms with Crippen LogP contribution in [0.3, 0.4) is 0 Å².